The van der Waals surface area contributed by atoms with Gasteiger partial charge >= 0.3 is 0 Å². The van der Waals surface area contributed by atoms with Crippen molar-refractivity contribution >= 4 is 23.2 Å². The molecule has 1 N–H and O–H groups in total. The normalized spacial score (nSPS) is 24.2. The maximum absolute atomic E-state index is 13.5. The predicted octanol–water partition coefficient (Wildman–Crippen LogP) is 3.98. The molecule has 1 aliphatic carbocycles. The minimum Gasteiger partial charge on any atom is -0.309 e. The molecule has 1 aliphatic rings. The second-order valence-corrected chi connectivity index (χ2v) is 5.31. The lowest BCUT2D eigenvalue weighted by atomic mass is 10.1. The average molecular weight is 276 g/mol. The number of alkyl halides is 1. The van der Waals surface area contributed by atoms with Gasteiger partial charge in [0.25, 0.3) is 0 Å². The van der Waals surface area contributed by atoms with E-state index in [2.05, 4.69) is 5.32 Å². The monoisotopic (exact) mass is 275 g/mol. The molecular formula is C13H16Cl2FN. The van der Waals surface area contributed by atoms with Crippen molar-refractivity contribution in [1.82, 2.24) is 5.32 Å². The van der Waals surface area contributed by atoms with Crippen LogP contribution in [0.4, 0.5) is 4.39 Å². The molecule has 1 saturated carbocycles. The molecule has 0 saturated heterocycles. The summed E-state index contributed by atoms with van der Waals surface area (Å²) in [6.07, 6.45) is 3.49. The van der Waals surface area contributed by atoms with Gasteiger partial charge in [0, 0.05) is 29.1 Å². The molecule has 0 bridgehead atoms. The van der Waals surface area contributed by atoms with Crippen molar-refractivity contribution in [3.8, 4) is 0 Å². The van der Waals surface area contributed by atoms with E-state index in [1.54, 1.807) is 12.1 Å². The maximum atomic E-state index is 13.5. The third-order valence-corrected chi connectivity index (χ3v) is 4.05. The molecule has 0 aliphatic heterocycles. The Morgan fingerprint density at radius 1 is 1.35 bits per heavy atom. The molecule has 1 aromatic carbocycles. The Kier molecular flexibility index (Phi) is 4.66. The van der Waals surface area contributed by atoms with Gasteiger partial charge in [-0.15, -0.1) is 11.6 Å². The van der Waals surface area contributed by atoms with E-state index in [0.717, 1.165) is 6.42 Å². The van der Waals surface area contributed by atoms with Gasteiger partial charge in [0.15, 0.2) is 0 Å². The van der Waals surface area contributed by atoms with Crippen LogP contribution >= 0.6 is 23.2 Å². The summed E-state index contributed by atoms with van der Waals surface area (Å²) in [7, 11) is 0. The number of benzene rings is 1. The molecule has 1 nitrogen and oxygen atoms in total. The Morgan fingerprint density at radius 2 is 2.18 bits per heavy atom. The van der Waals surface area contributed by atoms with Crippen molar-refractivity contribution < 1.29 is 4.39 Å². The van der Waals surface area contributed by atoms with Gasteiger partial charge in [0.2, 0.25) is 0 Å². The van der Waals surface area contributed by atoms with Crippen LogP contribution in [0.2, 0.25) is 5.02 Å². The van der Waals surface area contributed by atoms with Crippen molar-refractivity contribution in [3.05, 3.63) is 34.6 Å². The summed E-state index contributed by atoms with van der Waals surface area (Å²) in [5.41, 5.74) is 0.623. The fraction of sp³-hybridized carbons (Fsp3) is 0.538. The summed E-state index contributed by atoms with van der Waals surface area (Å²) in [5.74, 6) is 0.983. The first-order chi connectivity index (χ1) is 8.20. The van der Waals surface area contributed by atoms with Crippen LogP contribution in [0, 0.1) is 11.7 Å². The molecule has 17 heavy (non-hydrogen) atoms. The van der Waals surface area contributed by atoms with Crippen LogP contribution < -0.4 is 5.32 Å². The molecule has 1 fully saturated rings. The lowest BCUT2D eigenvalue weighted by Gasteiger charge is -2.19. The smallest absolute Gasteiger partial charge is 0.127 e. The first-order valence-corrected chi connectivity index (χ1v) is 6.85. The van der Waals surface area contributed by atoms with Crippen molar-refractivity contribution in [2.75, 3.05) is 5.88 Å². The molecule has 0 amide bonds. The second-order valence-electron chi connectivity index (χ2n) is 4.57. The molecule has 0 radical (unpaired) electrons. The Balaban J connectivity index is 1.95. The standard InChI is InChI=1S/C13H16Cl2FN/c14-7-9-2-1-3-13(9)17-8-10-6-11(15)4-5-12(10)16/h4-6,9,13,17H,1-3,7-8H2. The Bertz CT molecular complexity index is 384. The van der Waals surface area contributed by atoms with Gasteiger partial charge in [0.05, 0.1) is 0 Å². The zero-order valence-corrected chi connectivity index (χ0v) is 11.1. The van der Waals surface area contributed by atoms with E-state index in [-0.39, 0.29) is 5.82 Å². The van der Waals surface area contributed by atoms with E-state index in [1.807, 2.05) is 0 Å². The van der Waals surface area contributed by atoms with E-state index >= 15 is 0 Å². The molecule has 0 heterocycles. The van der Waals surface area contributed by atoms with Gasteiger partial charge < -0.3 is 5.32 Å². The number of hydrogen-bond donors (Lipinski definition) is 1. The SMILES string of the molecule is Fc1ccc(Cl)cc1CNC1CCCC1CCl. The Morgan fingerprint density at radius 3 is 2.94 bits per heavy atom. The lowest BCUT2D eigenvalue weighted by molar-refractivity contribution is 0.425. The fourth-order valence-corrected chi connectivity index (χ4v) is 2.97. The summed E-state index contributed by atoms with van der Waals surface area (Å²) < 4.78 is 13.5. The molecular weight excluding hydrogens is 260 g/mol. The highest BCUT2D eigenvalue weighted by Crippen LogP contribution is 2.27. The highest BCUT2D eigenvalue weighted by Gasteiger charge is 2.25. The quantitative estimate of drug-likeness (QED) is 0.820. The largest absolute Gasteiger partial charge is 0.309 e. The third-order valence-electron chi connectivity index (χ3n) is 3.42. The van der Waals surface area contributed by atoms with E-state index in [1.165, 1.54) is 18.9 Å². The molecule has 94 valence electrons. The zero-order valence-electron chi connectivity index (χ0n) is 9.56. The Labute approximate surface area is 111 Å². The molecule has 4 heteroatoms. The molecule has 1 aromatic rings. The number of hydrogen-bond acceptors (Lipinski definition) is 1. The van der Waals surface area contributed by atoms with Crippen LogP contribution in [0.25, 0.3) is 0 Å². The minimum atomic E-state index is -0.206. The van der Waals surface area contributed by atoms with Crippen LogP contribution in [0.3, 0.4) is 0 Å². The van der Waals surface area contributed by atoms with Crippen LogP contribution in [-0.4, -0.2) is 11.9 Å². The highest BCUT2D eigenvalue weighted by atomic mass is 35.5. The van der Waals surface area contributed by atoms with Crippen LogP contribution in [-0.2, 0) is 6.54 Å². The number of rotatable bonds is 4. The van der Waals surface area contributed by atoms with Gasteiger partial charge in [-0.25, -0.2) is 4.39 Å². The first kappa shape index (κ1) is 13.1. The van der Waals surface area contributed by atoms with E-state index in [9.17, 15) is 4.39 Å². The van der Waals surface area contributed by atoms with Gasteiger partial charge in [-0.1, -0.05) is 18.0 Å². The van der Waals surface area contributed by atoms with Crippen LogP contribution in [0.5, 0.6) is 0 Å². The topological polar surface area (TPSA) is 12.0 Å². The summed E-state index contributed by atoms with van der Waals surface area (Å²) in [4.78, 5) is 0. The molecule has 2 atom stereocenters. The van der Waals surface area contributed by atoms with Gasteiger partial charge in [-0.05, 0) is 37.0 Å². The molecule has 2 rings (SSSR count). The van der Waals surface area contributed by atoms with Crippen molar-refractivity contribution in [3.63, 3.8) is 0 Å². The van der Waals surface area contributed by atoms with E-state index in [4.69, 9.17) is 23.2 Å². The lowest BCUT2D eigenvalue weighted by Crippen LogP contribution is -2.32. The zero-order chi connectivity index (χ0) is 12.3. The third kappa shape index (κ3) is 3.34. The van der Waals surface area contributed by atoms with Crippen molar-refractivity contribution in [1.29, 1.82) is 0 Å². The molecule has 0 aromatic heterocycles. The Hall–Kier alpha value is -0.310. The minimum absolute atomic E-state index is 0.206. The average Bonchev–Trinajstić information content (AvgIpc) is 2.77. The van der Waals surface area contributed by atoms with Crippen molar-refractivity contribution in [2.45, 2.75) is 31.8 Å². The van der Waals surface area contributed by atoms with Gasteiger partial charge in [0.1, 0.15) is 5.82 Å². The maximum Gasteiger partial charge on any atom is 0.127 e. The highest BCUT2D eigenvalue weighted by molar-refractivity contribution is 6.30. The summed E-state index contributed by atoms with van der Waals surface area (Å²) >= 11 is 11.8. The summed E-state index contributed by atoms with van der Waals surface area (Å²) in [5, 5.41) is 3.96. The summed E-state index contributed by atoms with van der Waals surface area (Å²) in [6, 6.07) is 5.06. The number of halogens is 3. The molecule has 0 spiro atoms. The van der Waals surface area contributed by atoms with Crippen LogP contribution in [0.15, 0.2) is 18.2 Å². The van der Waals surface area contributed by atoms with Gasteiger partial charge in [-0.2, -0.15) is 0 Å². The van der Waals surface area contributed by atoms with E-state index in [0.29, 0.717) is 35.0 Å². The molecule has 2 unspecified atom stereocenters. The number of nitrogens with one attached hydrogen (secondary N) is 1. The van der Waals surface area contributed by atoms with E-state index < -0.39 is 0 Å². The van der Waals surface area contributed by atoms with Crippen LogP contribution in [0.1, 0.15) is 24.8 Å². The first-order valence-electron chi connectivity index (χ1n) is 5.94. The summed E-state index contributed by atoms with van der Waals surface area (Å²) in [6.45, 7) is 0.518. The van der Waals surface area contributed by atoms with Crippen molar-refractivity contribution in [2.24, 2.45) is 5.92 Å². The predicted molar refractivity (Wildman–Crippen MR) is 70.1 cm³/mol. The van der Waals surface area contributed by atoms with Gasteiger partial charge in [-0.3, -0.25) is 0 Å². The second kappa shape index (κ2) is 6.03. The fourth-order valence-electron chi connectivity index (χ4n) is 2.41.